The summed E-state index contributed by atoms with van der Waals surface area (Å²) >= 11 is 0. The molecule has 2 aromatic heterocycles. The number of para-hydroxylation sites is 2. The highest BCUT2D eigenvalue weighted by Gasteiger charge is 2.23. The summed E-state index contributed by atoms with van der Waals surface area (Å²) < 4.78 is 4.85. The van der Waals surface area contributed by atoms with Crippen LogP contribution in [0.2, 0.25) is 0 Å². The third-order valence-electron chi connectivity index (χ3n) is 7.90. The Labute approximate surface area is 233 Å². The Morgan fingerprint density at radius 2 is 0.700 bits per heavy atom. The molecule has 0 saturated heterocycles. The minimum Gasteiger partial charge on any atom is -0.295 e. The van der Waals surface area contributed by atoms with Gasteiger partial charge in [-0.05, 0) is 70.8 Å². The fourth-order valence-electron chi connectivity index (χ4n) is 6.10. The first-order chi connectivity index (χ1) is 19.9. The van der Waals surface area contributed by atoms with Gasteiger partial charge in [-0.15, -0.1) is 0 Å². The molecule has 0 unspecified atom stereocenters. The summed E-state index contributed by atoms with van der Waals surface area (Å²) in [6.45, 7) is 0. The average molecular weight is 511 g/mol. The van der Waals surface area contributed by atoms with Crippen LogP contribution in [-0.4, -0.2) is 9.13 Å². The summed E-state index contributed by atoms with van der Waals surface area (Å²) in [4.78, 5) is 0. The van der Waals surface area contributed by atoms with Crippen LogP contribution in [0.1, 0.15) is 0 Å². The van der Waals surface area contributed by atoms with Gasteiger partial charge < -0.3 is 0 Å². The smallest absolute Gasteiger partial charge is 0.131 e. The zero-order valence-corrected chi connectivity index (χ0v) is 21.9. The average Bonchev–Trinajstić information content (AvgIpc) is 3.54. The third kappa shape index (κ3) is 3.50. The molecule has 0 aliphatic heterocycles. The molecule has 0 radical (unpaired) electrons. The summed E-state index contributed by atoms with van der Waals surface area (Å²) in [5.41, 5.74) is 10.8. The van der Waals surface area contributed by atoms with E-state index in [4.69, 9.17) is 0 Å². The van der Waals surface area contributed by atoms with E-state index in [0.717, 1.165) is 11.4 Å². The lowest BCUT2D eigenvalue weighted by atomic mass is 10.0. The Bertz CT molecular complexity index is 1970. The molecule has 2 nitrogen and oxygen atoms in total. The molecular formula is C38H26N2. The van der Waals surface area contributed by atoms with E-state index in [1.807, 2.05) is 0 Å². The Kier molecular flexibility index (Phi) is 5.17. The first kappa shape index (κ1) is 22.6. The number of hydrogen-bond acceptors (Lipinski definition) is 0. The van der Waals surface area contributed by atoms with Gasteiger partial charge in [0.2, 0.25) is 0 Å². The molecule has 2 heterocycles. The Balaban J connectivity index is 1.57. The standard InChI is InChI=1S/C38H26N2/c1-5-13-27(14-6-1)29-21-23-35-33(25-29)37-34-26-30(28-15-7-2-8-16-28)22-24-36(34)40(32-19-11-4-12-20-32)38(37)39(35)31-17-9-3-10-18-31/h1-26H. The Morgan fingerprint density at radius 1 is 0.325 bits per heavy atom. The molecule has 0 bridgehead atoms. The molecule has 188 valence electrons. The lowest BCUT2D eigenvalue weighted by Gasteiger charge is -2.13. The lowest BCUT2D eigenvalue weighted by Crippen LogP contribution is -2.01. The zero-order chi connectivity index (χ0) is 26.5. The van der Waals surface area contributed by atoms with Crippen LogP contribution in [0, 0.1) is 0 Å². The minimum atomic E-state index is 1.15. The number of benzene rings is 6. The van der Waals surface area contributed by atoms with Crippen molar-refractivity contribution in [3.8, 4) is 33.6 Å². The summed E-state index contributed by atoms with van der Waals surface area (Å²) in [6, 6.07) is 56.6. The summed E-state index contributed by atoms with van der Waals surface area (Å²) in [7, 11) is 0. The van der Waals surface area contributed by atoms with Gasteiger partial charge >= 0.3 is 0 Å². The van der Waals surface area contributed by atoms with Crippen molar-refractivity contribution in [3.63, 3.8) is 0 Å². The molecule has 0 atom stereocenters. The maximum Gasteiger partial charge on any atom is 0.131 e. The van der Waals surface area contributed by atoms with Gasteiger partial charge in [-0.3, -0.25) is 9.13 Å². The highest BCUT2D eigenvalue weighted by Crippen LogP contribution is 2.43. The van der Waals surface area contributed by atoms with Gasteiger partial charge in [0.05, 0.1) is 11.0 Å². The molecule has 0 aliphatic rings. The molecular weight excluding hydrogens is 484 g/mol. The van der Waals surface area contributed by atoms with E-state index in [-0.39, 0.29) is 0 Å². The van der Waals surface area contributed by atoms with Crippen LogP contribution in [0.25, 0.3) is 66.5 Å². The maximum atomic E-state index is 2.43. The number of hydrogen-bond donors (Lipinski definition) is 0. The molecule has 2 heteroatoms. The van der Waals surface area contributed by atoms with Gasteiger partial charge in [0.1, 0.15) is 5.65 Å². The number of fused-ring (bicyclic) bond motifs is 5. The van der Waals surface area contributed by atoms with E-state index in [1.165, 1.54) is 55.1 Å². The topological polar surface area (TPSA) is 9.86 Å². The Hall–Kier alpha value is -5.34. The maximum absolute atomic E-state index is 2.43. The highest BCUT2D eigenvalue weighted by atomic mass is 15.1. The van der Waals surface area contributed by atoms with E-state index >= 15 is 0 Å². The molecule has 0 saturated carbocycles. The molecule has 0 aliphatic carbocycles. The van der Waals surface area contributed by atoms with E-state index in [9.17, 15) is 0 Å². The fraction of sp³-hybridized carbons (Fsp3) is 0. The van der Waals surface area contributed by atoms with Crippen molar-refractivity contribution in [1.29, 1.82) is 0 Å². The molecule has 0 fully saturated rings. The van der Waals surface area contributed by atoms with Crippen LogP contribution in [0.3, 0.4) is 0 Å². The van der Waals surface area contributed by atoms with Crippen molar-refractivity contribution in [3.05, 3.63) is 158 Å². The van der Waals surface area contributed by atoms with Crippen molar-refractivity contribution in [2.75, 3.05) is 0 Å². The number of aromatic nitrogens is 2. The third-order valence-corrected chi connectivity index (χ3v) is 7.90. The van der Waals surface area contributed by atoms with Gasteiger partial charge in [-0.25, -0.2) is 0 Å². The molecule has 0 amide bonds. The van der Waals surface area contributed by atoms with Crippen LogP contribution in [0.5, 0.6) is 0 Å². The zero-order valence-electron chi connectivity index (χ0n) is 21.9. The molecule has 8 rings (SSSR count). The molecule has 8 aromatic rings. The van der Waals surface area contributed by atoms with E-state index in [0.29, 0.717) is 0 Å². The fourth-order valence-corrected chi connectivity index (χ4v) is 6.10. The summed E-state index contributed by atoms with van der Waals surface area (Å²) in [5.74, 6) is 0. The van der Waals surface area contributed by atoms with Crippen LogP contribution in [0.4, 0.5) is 0 Å². The Morgan fingerprint density at radius 3 is 1.10 bits per heavy atom. The van der Waals surface area contributed by atoms with E-state index < -0.39 is 0 Å². The molecule has 6 aromatic carbocycles. The van der Waals surface area contributed by atoms with Crippen LogP contribution in [0.15, 0.2) is 158 Å². The molecule has 0 spiro atoms. The van der Waals surface area contributed by atoms with Crippen LogP contribution >= 0.6 is 0 Å². The van der Waals surface area contributed by atoms with Gasteiger partial charge in [0, 0.05) is 27.5 Å². The summed E-state index contributed by atoms with van der Waals surface area (Å²) in [5, 5.41) is 3.78. The van der Waals surface area contributed by atoms with E-state index in [2.05, 4.69) is 167 Å². The lowest BCUT2D eigenvalue weighted by molar-refractivity contribution is 1.07. The SMILES string of the molecule is c1ccc(-c2ccc3c(c2)c2c4cc(-c5ccccc5)ccc4n(-c4ccccc4)c2n3-c2ccccc2)cc1. The van der Waals surface area contributed by atoms with Crippen molar-refractivity contribution in [1.82, 2.24) is 9.13 Å². The quantitative estimate of drug-likeness (QED) is 0.223. The van der Waals surface area contributed by atoms with Crippen molar-refractivity contribution >= 4 is 32.8 Å². The second kappa shape index (κ2) is 9.14. The molecule has 0 N–H and O–H groups in total. The second-order valence-corrected chi connectivity index (χ2v) is 10.2. The first-order valence-electron chi connectivity index (χ1n) is 13.7. The highest BCUT2D eigenvalue weighted by molar-refractivity contribution is 6.23. The van der Waals surface area contributed by atoms with Gasteiger partial charge in [0.25, 0.3) is 0 Å². The number of rotatable bonds is 4. The van der Waals surface area contributed by atoms with Crippen molar-refractivity contribution in [2.45, 2.75) is 0 Å². The van der Waals surface area contributed by atoms with Crippen molar-refractivity contribution in [2.24, 2.45) is 0 Å². The number of nitrogens with zero attached hydrogens (tertiary/aromatic N) is 2. The van der Waals surface area contributed by atoms with E-state index in [1.54, 1.807) is 0 Å². The van der Waals surface area contributed by atoms with Crippen LogP contribution in [-0.2, 0) is 0 Å². The van der Waals surface area contributed by atoms with Crippen molar-refractivity contribution < 1.29 is 0 Å². The normalized spacial score (nSPS) is 11.5. The van der Waals surface area contributed by atoms with Gasteiger partial charge in [-0.1, -0.05) is 109 Å². The summed E-state index contributed by atoms with van der Waals surface area (Å²) in [6.07, 6.45) is 0. The minimum absolute atomic E-state index is 1.15. The predicted molar refractivity (Wildman–Crippen MR) is 168 cm³/mol. The van der Waals surface area contributed by atoms with Crippen LogP contribution < -0.4 is 0 Å². The molecule has 40 heavy (non-hydrogen) atoms. The monoisotopic (exact) mass is 510 g/mol. The van der Waals surface area contributed by atoms with Gasteiger partial charge in [-0.2, -0.15) is 0 Å². The first-order valence-corrected chi connectivity index (χ1v) is 13.7. The predicted octanol–water partition coefficient (Wildman–Crippen LogP) is 10.1. The second-order valence-electron chi connectivity index (χ2n) is 10.2. The largest absolute Gasteiger partial charge is 0.295 e. The van der Waals surface area contributed by atoms with Gasteiger partial charge in [0.15, 0.2) is 0 Å².